The highest BCUT2D eigenvalue weighted by atomic mass is 16.5. The standard InChI is InChI=1S/C22H22N4O3/c1-29-20-8-3-2-5-17(20)11-14-24-21(27)18-6-4-7-19(26-18)22(28)25-15-16-9-12-23-13-10-16/h2-10,12-13H,11,14-15H2,1H3,(H,24,27)(H,25,28). The van der Waals surface area contributed by atoms with Crippen LogP contribution in [0.2, 0.25) is 0 Å². The van der Waals surface area contributed by atoms with Crippen molar-refractivity contribution in [3.8, 4) is 5.75 Å². The number of hydrogen-bond donors (Lipinski definition) is 2. The van der Waals surface area contributed by atoms with E-state index in [0.29, 0.717) is 19.5 Å². The smallest absolute Gasteiger partial charge is 0.270 e. The number of carbonyl (C=O) groups excluding carboxylic acids is 2. The van der Waals surface area contributed by atoms with E-state index in [1.165, 1.54) is 0 Å². The molecular formula is C22H22N4O3. The summed E-state index contributed by atoms with van der Waals surface area (Å²) in [5.74, 6) is 0.113. The molecule has 0 atom stereocenters. The van der Waals surface area contributed by atoms with Gasteiger partial charge in [-0.2, -0.15) is 0 Å². The largest absolute Gasteiger partial charge is 0.496 e. The number of amides is 2. The SMILES string of the molecule is COc1ccccc1CCNC(=O)c1cccc(C(=O)NCc2ccncc2)n1. The van der Waals surface area contributed by atoms with Crippen molar-refractivity contribution in [3.05, 3.63) is 89.5 Å². The Morgan fingerprint density at radius 1 is 0.897 bits per heavy atom. The molecule has 7 nitrogen and oxygen atoms in total. The molecule has 0 bridgehead atoms. The Hall–Kier alpha value is -3.74. The third-order valence-corrected chi connectivity index (χ3v) is 4.29. The molecule has 0 saturated heterocycles. The third kappa shape index (κ3) is 5.62. The molecule has 0 radical (unpaired) electrons. The Labute approximate surface area is 169 Å². The third-order valence-electron chi connectivity index (χ3n) is 4.29. The van der Waals surface area contributed by atoms with Crippen molar-refractivity contribution < 1.29 is 14.3 Å². The second kappa shape index (κ2) is 9.98. The number of benzene rings is 1. The summed E-state index contributed by atoms with van der Waals surface area (Å²) in [6.07, 6.45) is 3.95. The first-order chi connectivity index (χ1) is 14.2. The van der Waals surface area contributed by atoms with Crippen LogP contribution in [-0.4, -0.2) is 35.4 Å². The van der Waals surface area contributed by atoms with Crippen molar-refractivity contribution in [2.24, 2.45) is 0 Å². The van der Waals surface area contributed by atoms with Gasteiger partial charge in [-0.1, -0.05) is 24.3 Å². The van der Waals surface area contributed by atoms with Crippen molar-refractivity contribution in [3.63, 3.8) is 0 Å². The number of aromatic nitrogens is 2. The van der Waals surface area contributed by atoms with Gasteiger partial charge < -0.3 is 15.4 Å². The number of hydrogen-bond acceptors (Lipinski definition) is 5. The fourth-order valence-electron chi connectivity index (χ4n) is 2.77. The maximum Gasteiger partial charge on any atom is 0.270 e. The first kappa shape index (κ1) is 20.0. The average Bonchev–Trinajstić information content (AvgIpc) is 2.78. The summed E-state index contributed by atoms with van der Waals surface area (Å²) in [6, 6.07) is 16.1. The Kier molecular flexibility index (Phi) is 6.89. The number of nitrogens with one attached hydrogen (secondary N) is 2. The van der Waals surface area contributed by atoms with E-state index >= 15 is 0 Å². The molecule has 7 heteroatoms. The second-order valence-corrected chi connectivity index (χ2v) is 6.26. The lowest BCUT2D eigenvalue weighted by Crippen LogP contribution is -2.28. The van der Waals surface area contributed by atoms with Crippen molar-refractivity contribution in [2.75, 3.05) is 13.7 Å². The predicted octanol–water partition coefficient (Wildman–Crippen LogP) is 2.39. The Balaban J connectivity index is 1.55. The van der Waals surface area contributed by atoms with Crippen molar-refractivity contribution in [2.45, 2.75) is 13.0 Å². The lowest BCUT2D eigenvalue weighted by Gasteiger charge is -2.09. The van der Waals surface area contributed by atoms with Gasteiger partial charge in [-0.15, -0.1) is 0 Å². The van der Waals surface area contributed by atoms with E-state index in [9.17, 15) is 9.59 Å². The van der Waals surface area contributed by atoms with E-state index in [4.69, 9.17) is 4.74 Å². The average molecular weight is 390 g/mol. The second-order valence-electron chi connectivity index (χ2n) is 6.26. The first-order valence-corrected chi connectivity index (χ1v) is 9.21. The van der Waals surface area contributed by atoms with Gasteiger partial charge in [0.05, 0.1) is 7.11 Å². The highest BCUT2D eigenvalue weighted by Gasteiger charge is 2.12. The van der Waals surface area contributed by atoms with E-state index in [2.05, 4.69) is 20.6 Å². The van der Waals surface area contributed by atoms with Crippen LogP contribution in [0.25, 0.3) is 0 Å². The van der Waals surface area contributed by atoms with Crippen LogP contribution in [0.5, 0.6) is 5.75 Å². The Bertz CT molecular complexity index is 977. The van der Waals surface area contributed by atoms with Gasteiger partial charge in [0.15, 0.2) is 0 Å². The van der Waals surface area contributed by atoms with Crippen LogP contribution >= 0.6 is 0 Å². The normalized spacial score (nSPS) is 10.2. The van der Waals surface area contributed by atoms with Crippen LogP contribution in [0.1, 0.15) is 32.1 Å². The van der Waals surface area contributed by atoms with Gasteiger partial charge in [0.25, 0.3) is 11.8 Å². The number of methoxy groups -OCH3 is 1. The van der Waals surface area contributed by atoms with Crippen molar-refractivity contribution >= 4 is 11.8 Å². The minimum Gasteiger partial charge on any atom is -0.496 e. The minimum absolute atomic E-state index is 0.191. The van der Waals surface area contributed by atoms with E-state index in [0.717, 1.165) is 16.9 Å². The van der Waals surface area contributed by atoms with Gasteiger partial charge in [0.2, 0.25) is 0 Å². The van der Waals surface area contributed by atoms with Crippen LogP contribution in [0.15, 0.2) is 67.0 Å². The van der Waals surface area contributed by atoms with Crippen LogP contribution in [0.4, 0.5) is 0 Å². The molecule has 0 spiro atoms. The van der Waals surface area contributed by atoms with Gasteiger partial charge >= 0.3 is 0 Å². The van der Waals surface area contributed by atoms with Crippen molar-refractivity contribution in [1.29, 1.82) is 0 Å². The number of carbonyl (C=O) groups is 2. The molecule has 0 fully saturated rings. The quantitative estimate of drug-likeness (QED) is 0.616. The topological polar surface area (TPSA) is 93.2 Å². The number of pyridine rings is 2. The molecular weight excluding hydrogens is 368 g/mol. The lowest BCUT2D eigenvalue weighted by molar-refractivity contribution is 0.0943. The highest BCUT2D eigenvalue weighted by molar-refractivity contribution is 5.96. The number of nitrogens with zero attached hydrogens (tertiary/aromatic N) is 2. The molecule has 0 unspecified atom stereocenters. The van der Waals surface area contributed by atoms with E-state index in [-0.39, 0.29) is 23.2 Å². The summed E-state index contributed by atoms with van der Waals surface area (Å²) in [4.78, 5) is 32.8. The van der Waals surface area contributed by atoms with Crippen molar-refractivity contribution in [1.82, 2.24) is 20.6 Å². The summed E-state index contributed by atoms with van der Waals surface area (Å²) in [6.45, 7) is 0.789. The van der Waals surface area contributed by atoms with Crippen LogP contribution in [0, 0.1) is 0 Å². The molecule has 0 aliphatic rings. The highest BCUT2D eigenvalue weighted by Crippen LogP contribution is 2.17. The lowest BCUT2D eigenvalue weighted by atomic mass is 10.1. The fraction of sp³-hybridized carbons (Fsp3) is 0.182. The van der Waals surface area contributed by atoms with E-state index in [1.807, 2.05) is 36.4 Å². The monoisotopic (exact) mass is 390 g/mol. The predicted molar refractivity (Wildman–Crippen MR) is 109 cm³/mol. The Morgan fingerprint density at radius 3 is 2.31 bits per heavy atom. The summed E-state index contributed by atoms with van der Waals surface area (Å²) >= 11 is 0. The molecule has 0 saturated carbocycles. The maximum absolute atomic E-state index is 12.4. The van der Waals surface area contributed by atoms with Crippen LogP contribution in [0.3, 0.4) is 0 Å². The molecule has 29 heavy (non-hydrogen) atoms. The molecule has 1 aromatic carbocycles. The van der Waals surface area contributed by atoms with Crippen LogP contribution < -0.4 is 15.4 Å². The van der Waals surface area contributed by atoms with E-state index in [1.54, 1.807) is 37.7 Å². The molecule has 0 aliphatic heterocycles. The first-order valence-electron chi connectivity index (χ1n) is 9.21. The Morgan fingerprint density at radius 2 is 1.59 bits per heavy atom. The summed E-state index contributed by atoms with van der Waals surface area (Å²) < 4.78 is 5.31. The summed E-state index contributed by atoms with van der Waals surface area (Å²) in [5, 5.41) is 5.61. The zero-order chi connectivity index (χ0) is 20.5. The summed E-state index contributed by atoms with van der Waals surface area (Å²) in [7, 11) is 1.62. The summed E-state index contributed by atoms with van der Waals surface area (Å²) in [5.41, 5.74) is 2.32. The molecule has 2 heterocycles. The zero-order valence-corrected chi connectivity index (χ0v) is 16.1. The molecule has 2 N–H and O–H groups in total. The van der Waals surface area contributed by atoms with E-state index < -0.39 is 0 Å². The molecule has 2 aromatic heterocycles. The zero-order valence-electron chi connectivity index (χ0n) is 16.1. The number of rotatable bonds is 8. The molecule has 3 aromatic rings. The van der Waals surface area contributed by atoms with Crippen LogP contribution in [-0.2, 0) is 13.0 Å². The number of ether oxygens (including phenoxy) is 1. The number of para-hydroxylation sites is 1. The molecule has 0 aliphatic carbocycles. The maximum atomic E-state index is 12.4. The van der Waals surface area contributed by atoms with Gasteiger partial charge in [0, 0.05) is 25.5 Å². The molecule has 2 amide bonds. The molecule has 3 rings (SSSR count). The fourth-order valence-corrected chi connectivity index (χ4v) is 2.77. The van der Waals surface area contributed by atoms with Gasteiger partial charge in [-0.05, 0) is 47.9 Å². The van der Waals surface area contributed by atoms with Gasteiger partial charge in [-0.25, -0.2) is 4.98 Å². The van der Waals surface area contributed by atoms with Gasteiger partial charge in [-0.3, -0.25) is 14.6 Å². The molecule has 148 valence electrons. The van der Waals surface area contributed by atoms with Gasteiger partial charge in [0.1, 0.15) is 17.1 Å². The minimum atomic E-state index is -0.342.